The van der Waals surface area contributed by atoms with Crippen molar-refractivity contribution in [1.29, 1.82) is 0 Å². The minimum absolute atomic E-state index is 0.166. The lowest BCUT2D eigenvalue weighted by molar-refractivity contribution is 0.282. The van der Waals surface area contributed by atoms with E-state index in [1.54, 1.807) is 30.2 Å². The molecule has 0 bridgehead atoms. The summed E-state index contributed by atoms with van der Waals surface area (Å²) in [6.45, 7) is 2.20. The summed E-state index contributed by atoms with van der Waals surface area (Å²) in [5.41, 5.74) is 0. The van der Waals surface area contributed by atoms with Gasteiger partial charge in [0.05, 0.1) is 0 Å². The van der Waals surface area contributed by atoms with E-state index in [9.17, 15) is 0 Å². The summed E-state index contributed by atoms with van der Waals surface area (Å²) in [5.74, 6) is 1.41. The van der Waals surface area contributed by atoms with Crippen LogP contribution in [0.4, 0.5) is 11.9 Å². The fraction of sp³-hybridized carbons (Fsp3) is 0.500. The Morgan fingerprint density at radius 3 is 2.75 bits per heavy atom. The van der Waals surface area contributed by atoms with Gasteiger partial charge in [0.15, 0.2) is 0 Å². The van der Waals surface area contributed by atoms with Crippen LogP contribution in [-0.4, -0.2) is 49.5 Å². The van der Waals surface area contributed by atoms with E-state index in [2.05, 4.69) is 30.7 Å². The summed E-state index contributed by atoms with van der Waals surface area (Å²) in [6, 6.07) is 1.97. The molecule has 2 aromatic heterocycles. The first kappa shape index (κ1) is 14.2. The molecule has 20 heavy (non-hydrogen) atoms. The number of aromatic nitrogens is 5. The monoisotopic (exact) mass is 277 g/mol. The first-order valence-corrected chi connectivity index (χ1v) is 6.54. The van der Waals surface area contributed by atoms with Gasteiger partial charge in [-0.3, -0.25) is 0 Å². The van der Waals surface area contributed by atoms with Gasteiger partial charge in [-0.05, 0) is 25.8 Å². The predicted octanol–water partition coefficient (Wildman–Crippen LogP) is 0.672. The number of hydrogen-bond donors (Lipinski definition) is 3. The van der Waals surface area contributed by atoms with Crippen LogP contribution in [0, 0.1) is 0 Å². The Morgan fingerprint density at radius 2 is 2.10 bits per heavy atom. The lowest BCUT2D eigenvalue weighted by Gasteiger charge is -2.14. The van der Waals surface area contributed by atoms with E-state index >= 15 is 0 Å². The first-order chi connectivity index (χ1) is 9.72. The highest BCUT2D eigenvalue weighted by atomic mass is 16.2. The smallest absolute Gasteiger partial charge is 0.257 e. The molecule has 108 valence electrons. The molecular weight excluding hydrogens is 258 g/mol. The summed E-state index contributed by atoms with van der Waals surface area (Å²) in [4.78, 5) is 12.8. The van der Waals surface area contributed by atoms with Crippen molar-refractivity contribution in [3.05, 3.63) is 18.5 Å². The molecule has 0 saturated carbocycles. The van der Waals surface area contributed by atoms with Crippen molar-refractivity contribution in [3.63, 3.8) is 0 Å². The Kier molecular flexibility index (Phi) is 4.83. The summed E-state index contributed by atoms with van der Waals surface area (Å²) in [6.07, 6.45) is 5.02. The van der Waals surface area contributed by atoms with Crippen LogP contribution in [0.3, 0.4) is 0 Å². The summed E-state index contributed by atoms with van der Waals surface area (Å²) < 4.78 is 1.58. The van der Waals surface area contributed by atoms with E-state index in [0.717, 1.165) is 12.8 Å². The normalized spacial score (nSPS) is 12.2. The Bertz CT molecular complexity index is 529. The minimum atomic E-state index is 0.166. The van der Waals surface area contributed by atoms with E-state index in [1.165, 1.54) is 0 Å². The van der Waals surface area contributed by atoms with Gasteiger partial charge in [0.2, 0.25) is 11.9 Å². The highest BCUT2D eigenvalue weighted by Gasteiger charge is 2.10. The van der Waals surface area contributed by atoms with Crippen LogP contribution in [-0.2, 0) is 0 Å². The minimum Gasteiger partial charge on any atom is -0.396 e. The van der Waals surface area contributed by atoms with E-state index in [0.29, 0.717) is 17.8 Å². The molecule has 1 atom stereocenters. The summed E-state index contributed by atoms with van der Waals surface area (Å²) in [5, 5.41) is 19.1. The van der Waals surface area contributed by atoms with Gasteiger partial charge in [-0.15, -0.1) is 0 Å². The zero-order chi connectivity index (χ0) is 14.4. The van der Waals surface area contributed by atoms with Crippen LogP contribution in [0.15, 0.2) is 18.5 Å². The summed E-state index contributed by atoms with van der Waals surface area (Å²) in [7, 11) is 1.75. The molecule has 2 rings (SSSR count). The Morgan fingerprint density at radius 1 is 1.30 bits per heavy atom. The third-order valence-electron chi connectivity index (χ3n) is 2.73. The molecule has 0 aliphatic carbocycles. The molecule has 2 aromatic rings. The molecule has 0 amide bonds. The fourth-order valence-electron chi connectivity index (χ4n) is 1.72. The van der Waals surface area contributed by atoms with Crippen molar-refractivity contribution in [2.24, 2.45) is 0 Å². The number of nitrogens with one attached hydrogen (secondary N) is 2. The molecule has 0 spiro atoms. The standard InChI is InChI=1S/C12H19N7O/c1-9(5-3-8-20)15-11-16-10(13-2)17-12(18-11)19-7-4-6-14-19/h4,6-7,9,20H,3,5,8H2,1-2H3,(H2,13,15,16,17,18). The maximum atomic E-state index is 8.84. The molecule has 0 aliphatic heterocycles. The number of aliphatic hydroxyl groups excluding tert-OH is 1. The van der Waals surface area contributed by atoms with Gasteiger partial charge in [-0.1, -0.05) is 0 Å². The lowest BCUT2D eigenvalue weighted by Crippen LogP contribution is -2.19. The maximum Gasteiger partial charge on any atom is 0.257 e. The van der Waals surface area contributed by atoms with Gasteiger partial charge in [0, 0.05) is 32.1 Å². The number of nitrogens with zero attached hydrogens (tertiary/aromatic N) is 5. The van der Waals surface area contributed by atoms with Crippen LogP contribution in [0.2, 0.25) is 0 Å². The average molecular weight is 277 g/mol. The van der Waals surface area contributed by atoms with Crippen molar-refractivity contribution in [2.45, 2.75) is 25.8 Å². The van der Waals surface area contributed by atoms with Crippen molar-refractivity contribution in [2.75, 3.05) is 24.3 Å². The maximum absolute atomic E-state index is 8.84. The zero-order valence-electron chi connectivity index (χ0n) is 11.6. The van der Waals surface area contributed by atoms with Gasteiger partial charge >= 0.3 is 0 Å². The first-order valence-electron chi connectivity index (χ1n) is 6.54. The zero-order valence-corrected chi connectivity index (χ0v) is 11.6. The van der Waals surface area contributed by atoms with Gasteiger partial charge in [-0.2, -0.15) is 20.1 Å². The van der Waals surface area contributed by atoms with Crippen molar-refractivity contribution in [3.8, 4) is 5.95 Å². The quantitative estimate of drug-likeness (QED) is 0.683. The topological polar surface area (TPSA) is 101 Å². The molecule has 3 N–H and O–H groups in total. The Hall–Kier alpha value is -2.22. The van der Waals surface area contributed by atoms with Crippen LogP contribution >= 0.6 is 0 Å². The number of hydrogen-bond acceptors (Lipinski definition) is 7. The second kappa shape index (κ2) is 6.80. The van der Waals surface area contributed by atoms with E-state index in [4.69, 9.17) is 5.11 Å². The third-order valence-corrected chi connectivity index (χ3v) is 2.73. The van der Waals surface area contributed by atoms with Crippen LogP contribution in [0.1, 0.15) is 19.8 Å². The molecule has 0 fully saturated rings. The molecule has 0 aromatic carbocycles. The largest absolute Gasteiger partial charge is 0.396 e. The predicted molar refractivity (Wildman–Crippen MR) is 75.9 cm³/mol. The molecule has 0 saturated heterocycles. The number of rotatable bonds is 7. The van der Waals surface area contributed by atoms with E-state index in [1.807, 2.05) is 6.92 Å². The third kappa shape index (κ3) is 3.64. The van der Waals surface area contributed by atoms with Gasteiger partial charge in [-0.25, -0.2) is 4.68 Å². The van der Waals surface area contributed by atoms with Crippen LogP contribution in [0.5, 0.6) is 0 Å². The average Bonchev–Trinajstić information content (AvgIpc) is 2.99. The second-order valence-electron chi connectivity index (χ2n) is 4.39. The molecular formula is C12H19N7O. The van der Waals surface area contributed by atoms with Gasteiger partial charge < -0.3 is 15.7 Å². The van der Waals surface area contributed by atoms with Crippen molar-refractivity contribution in [1.82, 2.24) is 24.7 Å². The number of aliphatic hydroxyl groups is 1. The van der Waals surface area contributed by atoms with E-state index in [-0.39, 0.29) is 12.6 Å². The molecule has 0 radical (unpaired) electrons. The van der Waals surface area contributed by atoms with E-state index < -0.39 is 0 Å². The Labute approximate surface area is 117 Å². The second-order valence-corrected chi connectivity index (χ2v) is 4.39. The SMILES string of the molecule is CNc1nc(NC(C)CCCO)nc(-n2cccn2)n1. The highest BCUT2D eigenvalue weighted by molar-refractivity contribution is 5.37. The Balaban J connectivity index is 2.18. The fourth-order valence-corrected chi connectivity index (χ4v) is 1.72. The lowest BCUT2D eigenvalue weighted by atomic mass is 10.2. The van der Waals surface area contributed by atoms with Crippen LogP contribution < -0.4 is 10.6 Å². The highest BCUT2D eigenvalue weighted by Crippen LogP contribution is 2.10. The number of anilines is 2. The summed E-state index contributed by atoms with van der Waals surface area (Å²) >= 11 is 0. The molecule has 8 nitrogen and oxygen atoms in total. The molecule has 1 unspecified atom stereocenters. The van der Waals surface area contributed by atoms with Gasteiger partial charge in [0.25, 0.3) is 5.95 Å². The molecule has 0 aliphatic rings. The van der Waals surface area contributed by atoms with Gasteiger partial charge in [0.1, 0.15) is 0 Å². The van der Waals surface area contributed by atoms with Crippen LogP contribution in [0.25, 0.3) is 5.95 Å². The van der Waals surface area contributed by atoms with Crippen molar-refractivity contribution < 1.29 is 5.11 Å². The molecule has 2 heterocycles. The molecule has 8 heteroatoms. The van der Waals surface area contributed by atoms with Crippen molar-refractivity contribution >= 4 is 11.9 Å².